The second-order valence-electron chi connectivity index (χ2n) is 5.41. The van der Waals surface area contributed by atoms with E-state index in [2.05, 4.69) is 29.8 Å². The fraction of sp³-hybridized carbons (Fsp3) is 0.846. The predicted octanol–water partition coefficient (Wildman–Crippen LogP) is 0.405. The quantitative estimate of drug-likeness (QED) is 0.588. The first-order chi connectivity index (χ1) is 8.49. The number of carbonyl (C=O) groups excluding carboxylic acids is 2. The van der Waals surface area contributed by atoms with Crippen molar-refractivity contribution in [1.29, 1.82) is 0 Å². The molecule has 0 bridgehead atoms. The van der Waals surface area contributed by atoms with Crippen LogP contribution < -0.4 is 16.0 Å². The van der Waals surface area contributed by atoms with E-state index in [0.717, 1.165) is 12.8 Å². The van der Waals surface area contributed by atoms with Gasteiger partial charge in [0.25, 0.3) is 0 Å². The highest BCUT2D eigenvalue weighted by Crippen LogP contribution is 2.18. The lowest BCUT2D eigenvalue weighted by Gasteiger charge is -2.15. The van der Waals surface area contributed by atoms with Crippen LogP contribution in [0.1, 0.15) is 40.0 Å². The smallest absolute Gasteiger partial charge is 0.236 e. The molecule has 0 aromatic carbocycles. The van der Waals surface area contributed by atoms with Crippen LogP contribution in [0.4, 0.5) is 0 Å². The van der Waals surface area contributed by atoms with E-state index < -0.39 is 0 Å². The van der Waals surface area contributed by atoms with E-state index in [4.69, 9.17) is 0 Å². The molecule has 104 valence electrons. The van der Waals surface area contributed by atoms with Crippen molar-refractivity contribution in [2.45, 2.75) is 52.1 Å². The summed E-state index contributed by atoms with van der Waals surface area (Å²) in [5.74, 6) is 0.511. The van der Waals surface area contributed by atoms with Crippen molar-refractivity contribution in [1.82, 2.24) is 16.0 Å². The molecule has 1 atom stereocenters. The molecular weight excluding hydrogens is 230 g/mol. The first-order valence-corrected chi connectivity index (χ1v) is 6.79. The van der Waals surface area contributed by atoms with Gasteiger partial charge in [0.2, 0.25) is 11.8 Å². The highest BCUT2D eigenvalue weighted by Gasteiger charge is 2.23. The highest BCUT2D eigenvalue weighted by atomic mass is 16.2. The van der Waals surface area contributed by atoms with Crippen LogP contribution in [0.3, 0.4) is 0 Å². The Morgan fingerprint density at radius 3 is 2.44 bits per heavy atom. The summed E-state index contributed by atoms with van der Waals surface area (Å²) >= 11 is 0. The summed E-state index contributed by atoms with van der Waals surface area (Å²) in [4.78, 5) is 23.0. The van der Waals surface area contributed by atoms with Gasteiger partial charge in [-0.25, -0.2) is 0 Å². The molecule has 1 unspecified atom stereocenters. The molecule has 1 aliphatic carbocycles. The van der Waals surface area contributed by atoms with E-state index in [9.17, 15) is 9.59 Å². The number of hydrogen-bond donors (Lipinski definition) is 3. The fourth-order valence-corrected chi connectivity index (χ4v) is 1.48. The van der Waals surface area contributed by atoms with Crippen LogP contribution in [0.5, 0.6) is 0 Å². The lowest BCUT2D eigenvalue weighted by atomic mass is 10.2. The van der Waals surface area contributed by atoms with Crippen LogP contribution in [0.2, 0.25) is 0 Å². The van der Waals surface area contributed by atoms with Crippen molar-refractivity contribution in [3.05, 3.63) is 0 Å². The van der Waals surface area contributed by atoms with Gasteiger partial charge < -0.3 is 16.0 Å². The molecule has 0 saturated heterocycles. The van der Waals surface area contributed by atoms with Crippen LogP contribution in [0.25, 0.3) is 0 Å². The Bertz CT molecular complexity index is 288. The average Bonchev–Trinajstić information content (AvgIpc) is 3.09. The van der Waals surface area contributed by atoms with E-state index in [1.807, 2.05) is 6.92 Å². The molecule has 5 heteroatoms. The largest absolute Gasteiger partial charge is 0.354 e. The number of nitrogens with one attached hydrogen (secondary N) is 3. The Kier molecular flexibility index (Phi) is 6.12. The summed E-state index contributed by atoms with van der Waals surface area (Å²) in [6.45, 7) is 7.15. The first-order valence-electron chi connectivity index (χ1n) is 6.79. The molecule has 1 aliphatic rings. The molecule has 1 fully saturated rings. The Balaban J connectivity index is 2.05. The van der Waals surface area contributed by atoms with Crippen molar-refractivity contribution < 1.29 is 9.59 Å². The fourth-order valence-electron chi connectivity index (χ4n) is 1.48. The molecule has 0 aromatic rings. The van der Waals surface area contributed by atoms with Crippen LogP contribution >= 0.6 is 0 Å². The predicted molar refractivity (Wildman–Crippen MR) is 71.1 cm³/mol. The van der Waals surface area contributed by atoms with E-state index >= 15 is 0 Å². The van der Waals surface area contributed by atoms with Gasteiger partial charge >= 0.3 is 0 Å². The molecular formula is C13H25N3O2. The molecule has 0 radical (unpaired) electrons. The van der Waals surface area contributed by atoms with Gasteiger partial charge in [-0.15, -0.1) is 0 Å². The van der Waals surface area contributed by atoms with Crippen molar-refractivity contribution in [2.75, 3.05) is 13.1 Å². The minimum Gasteiger partial charge on any atom is -0.354 e. The maximum Gasteiger partial charge on any atom is 0.236 e. The van der Waals surface area contributed by atoms with E-state index in [0.29, 0.717) is 31.5 Å². The Hall–Kier alpha value is -1.10. The molecule has 18 heavy (non-hydrogen) atoms. The molecule has 1 saturated carbocycles. The molecule has 0 aromatic heterocycles. The highest BCUT2D eigenvalue weighted by molar-refractivity contribution is 5.81. The number of amides is 2. The maximum atomic E-state index is 11.6. The molecule has 0 spiro atoms. The second kappa shape index (κ2) is 7.36. The minimum absolute atomic E-state index is 0.00805. The lowest BCUT2D eigenvalue weighted by Crippen LogP contribution is -2.44. The molecule has 2 amide bonds. The summed E-state index contributed by atoms with van der Waals surface area (Å²) in [5, 5.41) is 8.84. The van der Waals surface area contributed by atoms with Gasteiger partial charge in [-0.1, -0.05) is 13.8 Å². The molecule has 0 aliphatic heterocycles. The van der Waals surface area contributed by atoms with E-state index in [-0.39, 0.29) is 17.9 Å². The van der Waals surface area contributed by atoms with Crippen LogP contribution in [0, 0.1) is 5.92 Å². The molecule has 3 N–H and O–H groups in total. The molecule has 0 heterocycles. The van der Waals surface area contributed by atoms with Gasteiger partial charge in [-0.2, -0.15) is 0 Å². The van der Waals surface area contributed by atoms with Gasteiger partial charge in [-0.05, 0) is 25.7 Å². The van der Waals surface area contributed by atoms with Gasteiger partial charge in [0, 0.05) is 25.6 Å². The minimum atomic E-state index is -0.252. The van der Waals surface area contributed by atoms with Crippen LogP contribution in [0.15, 0.2) is 0 Å². The zero-order valence-electron chi connectivity index (χ0n) is 11.6. The summed E-state index contributed by atoms with van der Waals surface area (Å²) in [6.07, 6.45) is 2.64. The topological polar surface area (TPSA) is 70.2 Å². The van der Waals surface area contributed by atoms with Gasteiger partial charge in [-0.3, -0.25) is 9.59 Å². The number of rotatable bonds is 8. The van der Waals surface area contributed by atoms with Crippen molar-refractivity contribution in [3.63, 3.8) is 0 Å². The Morgan fingerprint density at radius 1 is 1.22 bits per heavy atom. The van der Waals surface area contributed by atoms with Gasteiger partial charge in [0.15, 0.2) is 0 Å². The Morgan fingerprint density at radius 2 is 1.89 bits per heavy atom. The SMILES string of the molecule is CC(C)CNC(=O)C(C)NCCC(=O)NC1CC1. The Labute approximate surface area is 109 Å². The van der Waals surface area contributed by atoms with Crippen LogP contribution in [-0.4, -0.2) is 37.0 Å². The first kappa shape index (κ1) is 15.0. The maximum absolute atomic E-state index is 11.6. The van der Waals surface area contributed by atoms with E-state index in [1.165, 1.54) is 0 Å². The summed E-state index contributed by atoms with van der Waals surface area (Å²) < 4.78 is 0. The van der Waals surface area contributed by atoms with Crippen molar-refractivity contribution in [2.24, 2.45) is 5.92 Å². The zero-order chi connectivity index (χ0) is 13.5. The zero-order valence-corrected chi connectivity index (χ0v) is 11.6. The van der Waals surface area contributed by atoms with Gasteiger partial charge in [0.05, 0.1) is 6.04 Å². The summed E-state index contributed by atoms with van der Waals surface area (Å²) in [7, 11) is 0. The number of hydrogen-bond acceptors (Lipinski definition) is 3. The summed E-state index contributed by atoms with van der Waals surface area (Å²) in [5.41, 5.74) is 0. The van der Waals surface area contributed by atoms with Gasteiger partial charge in [0.1, 0.15) is 0 Å². The second-order valence-corrected chi connectivity index (χ2v) is 5.41. The normalized spacial score (nSPS) is 16.4. The summed E-state index contributed by atoms with van der Waals surface area (Å²) in [6, 6.07) is 0.154. The molecule has 5 nitrogen and oxygen atoms in total. The standard InChI is InChI=1S/C13H25N3O2/c1-9(2)8-15-13(18)10(3)14-7-6-12(17)16-11-4-5-11/h9-11,14H,4-8H2,1-3H3,(H,15,18)(H,16,17). The third-order valence-corrected chi connectivity index (χ3v) is 2.82. The third-order valence-electron chi connectivity index (χ3n) is 2.82. The molecule has 1 rings (SSSR count). The average molecular weight is 255 g/mol. The van der Waals surface area contributed by atoms with Crippen molar-refractivity contribution >= 4 is 11.8 Å². The number of carbonyl (C=O) groups is 2. The van der Waals surface area contributed by atoms with Crippen molar-refractivity contribution in [3.8, 4) is 0 Å². The monoisotopic (exact) mass is 255 g/mol. The lowest BCUT2D eigenvalue weighted by molar-refractivity contribution is -0.124. The third kappa shape index (κ3) is 6.59. The van der Waals surface area contributed by atoms with E-state index in [1.54, 1.807) is 0 Å². The van der Waals surface area contributed by atoms with Crippen LogP contribution in [-0.2, 0) is 9.59 Å².